The van der Waals surface area contributed by atoms with Crippen LogP contribution < -0.4 is 11.1 Å². The lowest BCUT2D eigenvalue weighted by molar-refractivity contribution is -0.138. The van der Waals surface area contributed by atoms with Crippen molar-refractivity contribution in [3.8, 4) is 0 Å². The molecular weight excluding hydrogens is 439 g/mol. The Morgan fingerprint density at radius 2 is 1.88 bits per heavy atom. The van der Waals surface area contributed by atoms with Crippen molar-refractivity contribution in [2.75, 3.05) is 5.32 Å². The summed E-state index contributed by atoms with van der Waals surface area (Å²) in [5, 5.41) is 2.29. The molecule has 1 amide bonds. The Morgan fingerprint density at radius 1 is 1.21 bits per heavy atom. The van der Waals surface area contributed by atoms with E-state index in [-0.39, 0.29) is 17.7 Å². The number of hydrogen-bond acceptors (Lipinski definition) is 2. The van der Waals surface area contributed by atoms with E-state index >= 15 is 0 Å². The Balaban J connectivity index is 2.13. The highest BCUT2D eigenvalue weighted by Gasteiger charge is 2.33. The van der Waals surface area contributed by atoms with Gasteiger partial charge < -0.3 is 11.1 Å². The third-order valence-corrected chi connectivity index (χ3v) is 3.96. The van der Waals surface area contributed by atoms with Crippen LogP contribution in [-0.4, -0.2) is 11.9 Å². The molecule has 2 rings (SSSR count). The number of anilines is 1. The van der Waals surface area contributed by atoms with Crippen molar-refractivity contribution < 1.29 is 22.4 Å². The highest BCUT2D eigenvalue weighted by molar-refractivity contribution is 14.1. The van der Waals surface area contributed by atoms with Gasteiger partial charge in [-0.25, -0.2) is 4.39 Å². The first-order valence-electron chi connectivity index (χ1n) is 6.85. The average Bonchev–Trinajstić information content (AvgIpc) is 2.49. The number of rotatable bonds is 4. The number of nitrogens with one attached hydrogen (secondary N) is 1. The number of nitrogens with two attached hydrogens (primary N) is 1. The zero-order valence-electron chi connectivity index (χ0n) is 12.2. The molecule has 0 aliphatic heterocycles. The van der Waals surface area contributed by atoms with Gasteiger partial charge in [0.25, 0.3) is 0 Å². The van der Waals surface area contributed by atoms with E-state index in [1.54, 1.807) is 6.07 Å². The van der Waals surface area contributed by atoms with E-state index in [2.05, 4.69) is 5.32 Å². The number of carbonyl (C=O) groups is 1. The summed E-state index contributed by atoms with van der Waals surface area (Å²) in [7, 11) is 0. The molecule has 0 saturated heterocycles. The molecule has 8 heteroatoms. The fourth-order valence-corrected chi connectivity index (χ4v) is 2.57. The largest absolute Gasteiger partial charge is 0.416 e. The second kappa shape index (κ2) is 7.47. The molecule has 24 heavy (non-hydrogen) atoms. The first-order chi connectivity index (χ1) is 11.2. The van der Waals surface area contributed by atoms with Crippen LogP contribution in [0.2, 0.25) is 0 Å². The molecule has 2 aromatic rings. The second-order valence-corrected chi connectivity index (χ2v) is 6.32. The molecule has 0 fully saturated rings. The summed E-state index contributed by atoms with van der Waals surface area (Å²) in [6.07, 6.45) is -4.84. The van der Waals surface area contributed by atoms with Crippen LogP contribution in [0.3, 0.4) is 0 Å². The Bertz CT molecular complexity index is 749. The lowest BCUT2D eigenvalue weighted by Crippen LogP contribution is -2.38. The number of carbonyl (C=O) groups excluding carboxylic acids is 1. The molecule has 0 radical (unpaired) electrons. The molecule has 3 nitrogen and oxygen atoms in total. The van der Waals surface area contributed by atoms with E-state index in [4.69, 9.17) is 5.73 Å². The minimum atomic E-state index is -4.53. The lowest BCUT2D eigenvalue weighted by atomic mass is 10.00. The third-order valence-electron chi connectivity index (χ3n) is 3.29. The van der Waals surface area contributed by atoms with Gasteiger partial charge in [0.1, 0.15) is 5.82 Å². The molecule has 0 saturated carbocycles. The molecule has 0 unspecified atom stereocenters. The van der Waals surface area contributed by atoms with Gasteiger partial charge in [-0.1, -0.05) is 18.2 Å². The van der Waals surface area contributed by atoms with Gasteiger partial charge in [-0.05, 0) is 58.8 Å². The Kier molecular flexibility index (Phi) is 5.81. The van der Waals surface area contributed by atoms with Gasteiger partial charge in [-0.3, -0.25) is 4.79 Å². The molecule has 3 N–H and O–H groups in total. The maximum absolute atomic E-state index is 13.7. The Hall–Kier alpha value is -1.68. The quantitative estimate of drug-likeness (QED) is 0.546. The van der Waals surface area contributed by atoms with Crippen LogP contribution in [0.1, 0.15) is 11.1 Å². The zero-order valence-corrected chi connectivity index (χ0v) is 14.4. The third kappa shape index (κ3) is 4.67. The Labute approximate surface area is 149 Å². The molecule has 0 aromatic heterocycles. The van der Waals surface area contributed by atoms with E-state index in [0.29, 0.717) is 3.57 Å². The maximum atomic E-state index is 13.7. The summed E-state index contributed by atoms with van der Waals surface area (Å²) in [5.41, 5.74) is 4.69. The molecule has 2 aromatic carbocycles. The van der Waals surface area contributed by atoms with Gasteiger partial charge in [0, 0.05) is 3.57 Å². The summed E-state index contributed by atoms with van der Waals surface area (Å²) in [4.78, 5) is 12.0. The van der Waals surface area contributed by atoms with Crippen molar-refractivity contribution in [1.29, 1.82) is 0 Å². The monoisotopic (exact) mass is 452 g/mol. The van der Waals surface area contributed by atoms with Crippen LogP contribution in [-0.2, 0) is 17.4 Å². The Morgan fingerprint density at radius 3 is 2.50 bits per heavy atom. The summed E-state index contributed by atoms with van der Waals surface area (Å²) in [5.74, 6) is -1.40. The van der Waals surface area contributed by atoms with Crippen molar-refractivity contribution >= 4 is 34.2 Å². The van der Waals surface area contributed by atoms with Crippen molar-refractivity contribution in [3.63, 3.8) is 0 Å². The number of hydrogen-bond donors (Lipinski definition) is 2. The van der Waals surface area contributed by atoms with Crippen LogP contribution >= 0.6 is 22.6 Å². The standard InChI is InChI=1S/C16H13F4IN2O/c17-12-8-10(21)5-6-14(12)23-15(24)13(22)7-9-3-1-2-4-11(9)16(18,19)20/h1-6,8,13H,7,22H2,(H,23,24)/t13-/m0/s1. The molecule has 0 bridgehead atoms. The van der Waals surface area contributed by atoms with Gasteiger partial charge >= 0.3 is 6.18 Å². The van der Waals surface area contributed by atoms with Crippen LogP contribution in [0.15, 0.2) is 42.5 Å². The van der Waals surface area contributed by atoms with Crippen molar-refractivity contribution in [2.45, 2.75) is 18.6 Å². The minimum Gasteiger partial charge on any atom is -0.322 e. The van der Waals surface area contributed by atoms with Gasteiger partial charge in [-0.2, -0.15) is 13.2 Å². The molecule has 1 atom stereocenters. The summed E-state index contributed by atoms with van der Waals surface area (Å²) >= 11 is 1.91. The second-order valence-electron chi connectivity index (χ2n) is 5.08. The molecule has 0 heterocycles. The number of amides is 1. The highest BCUT2D eigenvalue weighted by Crippen LogP contribution is 2.32. The summed E-state index contributed by atoms with van der Waals surface area (Å²) in [6, 6.07) is 7.83. The van der Waals surface area contributed by atoms with Crippen LogP contribution in [0.4, 0.5) is 23.2 Å². The average molecular weight is 452 g/mol. The van der Waals surface area contributed by atoms with Gasteiger partial charge in [0.15, 0.2) is 0 Å². The van der Waals surface area contributed by atoms with Crippen LogP contribution in [0.5, 0.6) is 0 Å². The fourth-order valence-electron chi connectivity index (χ4n) is 2.12. The number of halogens is 5. The predicted octanol–water partition coefficient (Wildman–Crippen LogP) is 3.96. The molecule has 128 valence electrons. The maximum Gasteiger partial charge on any atom is 0.416 e. The smallest absolute Gasteiger partial charge is 0.322 e. The summed E-state index contributed by atoms with van der Waals surface area (Å²) < 4.78 is 53.2. The van der Waals surface area contributed by atoms with Crippen molar-refractivity contribution in [1.82, 2.24) is 0 Å². The summed E-state index contributed by atoms with van der Waals surface area (Å²) in [6.45, 7) is 0. The molecule has 0 spiro atoms. The SMILES string of the molecule is N[C@@H](Cc1ccccc1C(F)(F)F)C(=O)Nc1ccc(I)cc1F. The van der Waals surface area contributed by atoms with Crippen molar-refractivity contribution in [3.05, 3.63) is 63.0 Å². The van der Waals surface area contributed by atoms with Crippen molar-refractivity contribution in [2.24, 2.45) is 5.73 Å². The van der Waals surface area contributed by atoms with Crippen LogP contribution in [0, 0.1) is 9.39 Å². The fraction of sp³-hybridized carbons (Fsp3) is 0.188. The highest BCUT2D eigenvalue weighted by atomic mass is 127. The van der Waals surface area contributed by atoms with Gasteiger partial charge in [-0.15, -0.1) is 0 Å². The molecule has 0 aliphatic carbocycles. The van der Waals surface area contributed by atoms with Crippen LogP contribution in [0.25, 0.3) is 0 Å². The van der Waals surface area contributed by atoms with Gasteiger partial charge in [0.2, 0.25) is 5.91 Å². The first-order valence-corrected chi connectivity index (χ1v) is 7.93. The van der Waals surface area contributed by atoms with E-state index in [9.17, 15) is 22.4 Å². The predicted molar refractivity (Wildman–Crippen MR) is 90.9 cm³/mol. The number of benzene rings is 2. The van der Waals surface area contributed by atoms with Gasteiger partial charge in [0.05, 0.1) is 17.3 Å². The normalized spacial score (nSPS) is 12.8. The lowest BCUT2D eigenvalue weighted by Gasteiger charge is -2.16. The topological polar surface area (TPSA) is 55.1 Å². The van der Waals surface area contributed by atoms with E-state index in [1.165, 1.54) is 30.3 Å². The minimum absolute atomic E-state index is 0.0695. The van der Waals surface area contributed by atoms with E-state index < -0.39 is 29.5 Å². The van der Waals surface area contributed by atoms with E-state index in [1.807, 2.05) is 22.6 Å². The number of alkyl halides is 3. The first kappa shape index (κ1) is 18.7. The molecular formula is C16H13F4IN2O. The zero-order chi connectivity index (χ0) is 17.9. The molecule has 0 aliphatic rings. The van der Waals surface area contributed by atoms with E-state index in [0.717, 1.165) is 6.07 Å².